The first kappa shape index (κ1) is 16.0. The van der Waals surface area contributed by atoms with Gasteiger partial charge in [-0.2, -0.15) is 5.21 Å². The lowest BCUT2D eigenvalue weighted by Gasteiger charge is -2.26. The van der Waals surface area contributed by atoms with Gasteiger partial charge in [0, 0.05) is 29.0 Å². The molecule has 2 aliphatic rings. The molecule has 1 spiro atoms. The lowest BCUT2D eigenvalue weighted by molar-refractivity contribution is -0.117. The molecule has 7 heteroatoms. The molecule has 0 unspecified atom stereocenters. The van der Waals surface area contributed by atoms with Crippen molar-refractivity contribution in [3.8, 4) is 5.75 Å². The van der Waals surface area contributed by atoms with Gasteiger partial charge in [-0.25, -0.2) is 0 Å². The molecule has 5 rings (SSSR count). The van der Waals surface area contributed by atoms with Gasteiger partial charge >= 0.3 is 0 Å². The molecular formula is C20H19N5O2. The fourth-order valence-electron chi connectivity index (χ4n) is 4.08. The van der Waals surface area contributed by atoms with Gasteiger partial charge in [-0.1, -0.05) is 35.5 Å². The fraction of sp³-hybridized carbons (Fsp3) is 0.300. The molecule has 7 nitrogen and oxygen atoms in total. The van der Waals surface area contributed by atoms with E-state index >= 15 is 0 Å². The van der Waals surface area contributed by atoms with Crippen LogP contribution in [-0.2, 0) is 16.6 Å². The van der Waals surface area contributed by atoms with Gasteiger partial charge in [0.1, 0.15) is 5.75 Å². The maximum atomic E-state index is 12.8. The lowest BCUT2D eigenvalue weighted by Crippen LogP contribution is -2.26. The normalized spacial score (nSPS) is 22.7. The van der Waals surface area contributed by atoms with Gasteiger partial charge in [0.15, 0.2) is 5.82 Å². The molecule has 1 aliphatic carbocycles. The summed E-state index contributed by atoms with van der Waals surface area (Å²) >= 11 is 0. The number of benzene rings is 2. The second-order valence-corrected chi connectivity index (χ2v) is 7.20. The number of amides is 1. The molecule has 2 atom stereocenters. The van der Waals surface area contributed by atoms with Crippen LogP contribution in [0.3, 0.4) is 0 Å². The van der Waals surface area contributed by atoms with Gasteiger partial charge in [0.25, 0.3) is 0 Å². The van der Waals surface area contributed by atoms with Gasteiger partial charge in [0.2, 0.25) is 5.91 Å². The minimum Gasteiger partial charge on any atom is -0.493 e. The molecule has 3 aromatic rings. The van der Waals surface area contributed by atoms with Crippen molar-refractivity contribution in [3.05, 3.63) is 65.5 Å². The molecule has 27 heavy (non-hydrogen) atoms. The van der Waals surface area contributed by atoms with E-state index in [9.17, 15) is 4.79 Å². The molecule has 1 amide bonds. The van der Waals surface area contributed by atoms with E-state index in [0.717, 1.165) is 29.8 Å². The molecule has 2 aromatic carbocycles. The Bertz CT molecular complexity index is 970. The van der Waals surface area contributed by atoms with Gasteiger partial charge in [-0.05, 0) is 36.6 Å². The monoisotopic (exact) mass is 361 g/mol. The number of aromatic nitrogens is 4. The summed E-state index contributed by atoms with van der Waals surface area (Å²) in [6.07, 6.45) is 2.38. The molecule has 1 aromatic heterocycles. The third kappa shape index (κ3) is 2.85. The lowest BCUT2D eigenvalue weighted by atomic mass is 9.87. The van der Waals surface area contributed by atoms with Gasteiger partial charge in [0.05, 0.1) is 6.61 Å². The van der Waals surface area contributed by atoms with Crippen LogP contribution in [0.4, 0.5) is 5.69 Å². The second kappa shape index (κ2) is 6.19. The third-order valence-electron chi connectivity index (χ3n) is 5.59. The topological polar surface area (TPSA) is 92.8 Å². The van der Waals surface area contributed by atoms with Gasteiger partial charge in [-0.3, -0.25) is 4.79 Å². The van der Waals surface area contributed by atoms with Crippen LogP contribution in [0, 0.1) is 5.92 Å². The van der Waals surface area contributed by atoms with E-state index in [1.165, 1.54) is 5.56 Å². The summed E-state index contributed by atoms with van der Waals surface area (Å²) in [5.41, 5.74) is 2.99. The molecule has 2 heterocycles. The summed E-state index contributed by atoms with van der Waals surface area (Å²) in [6, 6.07) is 15.9. The maximum absolute atomic E-state index is 12.8. The van der Waals surface area contributed by atoms with Crippen LogP contribution >= 0.6 is 0 Å². The van der Waals surface area contributed by atoms with Crippen molar-refractivity contribution < 1.29 is 9.53 Å². The molecule has 2 N–H and O–H groups in total. The first-order chi connectivity index (χ1) is 13.2. The van der Waals surface area contributed by atoms with Crippen LogP contribution in [0.5, 0.6) is 5.75 Å². The average Bonchev–Trinajstić information content (AvgIpc) is 3.17. The number of nitrogens with zero attached hydrogens (tertiary/aromatic N) is 3. The number of anilines is 1. The van der Waals surface area contributed by atoms with Crippen molar-refractivity contribution in [1.29, 1.82) is 0 Å². The van der Waals surface area contributed by atoms with Crippen LogP contribution in [-0.4, -0.2) is 33.1 Å². The molecule has 0 bridgehead atoms. The SMILES string of the molecule is O=C(Nc1ccc(Cc2nn[nH]n2)cc1)[C@@H]1C[C@]12CCOc1ccccc12. The van der Waals surface area contributed by atoms with Gasteiger partial charge < -0.3 is 10.1 Å². The smallest absolute Gasteiger partial charge is 0.228 e. The van der Waals surface area contributed by atoms with Crippen LogP contribution in [0.15, 0.2) is 48.5 Å². The average molecular weight is 361 g/mol. The Morgan fingerprint density at radius 1 is 1.22 bits per heavy atom. The van der Waals surface area contributed by atoms with Crippen LogP contribution in [0.25, 0.3) is 0 Å². The minimum atomic E-state index is -0.0580. The third-order valence-corrected chi connectivity index (χ3v) is 5.59. The number of carbonyl (C=O) groups is 1. The largest absolute Gasteiger partial charge is 0.493 e. The molecule has 136 valence electrons. The van der Waals surface area contributed by atoms with Crippen LogP contribution in [0.2, 0.25) is 0 Å². The number of tetrazole rings is 1. The van der Waals surface area contributed by atoms with Crippen molar-refractivity contribution in [2.75, 3.05) is 11.9 Å². The van der Waals surface area contributed by atoms with E-state index < -0.39 is 0 Å². The van der Waals surface area contributed by atoms with E-state index in [-0.39, 0.29) is 17.2 Å². The molecule has 1 aliphatic heterocycles. The predicted molar refractivity (Wildman–Crippen MR) is 98.4 cm³/mol. The number of H-pyrrole nitrogens is 1. The minimum absolute atomic E-state index is 0.00144. The zero-order valence-electron chi connectivity index (χ0n) is 14.7. The Morgan fingerprint density at radius 3 is 2.89 bits per heavy atom. The standard InChI is InChI=1S/C20H19N5O2/c26-19(16-12-20(16)9-10-27-17-4-2-1-3-15(17)20)21-14-7-5-13(6-8-14)11-18-22-24-25-23-18/h1-8,16H,9-12H2,(H,21,26)(H,22,23,24,25)/t16-,20-/m0/s1. The molecule has 0 saturated heterocycles. The van der Waals surface area contributed by atoms with Crippen LogP contribution < -0.4 is 10.1 Å². The van der Waals surface area contributed by atoms with Gasteiger partial charge in [-0.15, -0.1) is 10.2 Å². The first-order valence-corrected chi connectivity index (χ1v) is 9.09. The number of ether oxygens (including phenoxy) is 1. The number of nitrogens with one attached hydrogen (secondary N) is 2. The number of rotatable bonds is 4. The number of hydrogen-bond acceptors (Lipinski definition) is 5. The first-order valence-electron chi connectivity index (χ1n) is 9.09. The van der Waals surface area contributed by atoms with Crippen molar-refractivity contribution in [3.63, 3.8) is 0 Å². The summed E-state index contributed by atoms with van der Waals surface area (Å²) in [7, 11) is 0. The predicted octanol–water partition coefficient (Wildman–Crippen LogP) is 2.47. The van der Waals surface area contributed by atoms with Crippen molar-refractivity contribution in [2.45, 2.75) is 24.7 Å². The van der Waals surface area contributed by atoms with E-state index in [1.807, 2.05) is 42.5 Å². The molecule has 1 saturated carbocycles. The van der Waals surface area contributed by atoms with Crippen molar-refractivity contribution in [2.24, 2.45) is 5.92 Å². The van der Waals surface area contributed by atoms with E-state index in [4.69, 9.17) is 4.74 Å². The van der Waals surface area contributed by atoms with E-state index in [2.05, 4.69) is 32.0 Å². The molecule has 1 fully saturated rings. The Hall–Kier alpha value is -3.22. The highest BCUT2D eigenvalue weighted by molar-refractivity contribution is 5.96. The number of para-hydroxylation sites is 1. The number of aromatic amines is 1. The summed E-state index contributed by atoms with van der Waals surface area (Å²) < 4.78 is 5.75. The summed E-state index contributed by atoms with van der Waals surface area (Å²) in [5, 5.41) is 17.0. The highest BCUT2D eigenvalue weighted by atomic mass is 16.5. The highest BCUT2D eigenvalue weighted by Crippen LogP contribution is 2.60. The second-order valence-electron chi connectivity index (χ2n) is 7.20. The Balaban J connectivity index is 1.27. The van der Waals surface area contributed by atoms with E-state index in [1.54, 1.807) is 0 Å². The van der Waals surface area contributed by atoms with Crippen LogP contribution in [0.1, 0.15) is 29.8 Å². The zero-order valence-corrected chi connectivity index (χ0v) is 14.7. The van der Waals surface area contributed by atoms with Crippen molar-refractivity contribution >= 4 is 11.6 Å². The summed E-state index contributed by atoms with van der Waals surface area (Å²) in [5.74, 6) is 1.65. The number of hydrogen-bond donors (Lipinski definition) is 2. The Morgan fingerprint density at radius 2 is 2.07 bits per heavy atom. The Kier molecular flexibility index (Phi) is 3.67. The van der Waals surface area contributed by atoms with Crippen molar-refractivity contribution in [1.82, 2.24) is 20.6 Å². The summed E-state index contributed by atoms with van der Waals surface area (Å²) in [6.45, 7) is 0.672. The molecule has 0 radical (unpaired) electrons. The quantitative estimate of drug-likeness (QED) is 0.745. The Labute approximate surface area is 156 Å². The fourth-order valence-corrected chi connectivity index (χ4v) is 4.08. The molecular weight excluding hydrogens is 342 g/mol. The van der Waals surface area contributed by atoms with E-state index in [0.29, 0.717) is 18.9 Å². The zero-order chi connectivity index (χ0) is 18.3. The highest BCUT2D eigenvalue weighted by Gasteiger charge is 2.60. The number of carbonyl (C=O) groups excluding carboxylic acids is 1. The maximum Gasteiger partial charge on any atom is 0.228 e. The number of fused-ring (bicyclic) bond motifs is 2. The summed E-state index contributed by atoms with van der Waals surface area (Å²) in [4.78, 5) is 12.8.